The Bertz CT molecular complexity index is 341. The van der Waals surface area contributed by atoms with Crippen molar-refractivity contribution in [3.63, 3.8) is 0 Å². The van der Waals surface area contributed by atoms with Gasteiger partial charge in [0.05, 0.1) is 6.10 Å². The average Bonchev–Trinajstić information content (AvgIpc) is 2.78. The van der Waals surface area contributed by atoms with Crippen LogP contribution in [0.2, 0.25) is 0 Å². The fourth-order valence-corrected chi connectivity index (χ4v) is 2.88. The van der Waals surface area contributed by atoms with Gasteiger partial charge in [-0.05, 0) is 32.5 Å². The summed E-state index contributed by atoms with van der Waals surface area (Å²) >= 11 is 0. The Balaban J connectivity index is 2.13. The quantitative estimate of drug-likeness (QED) is 0.867. The summed E-state index contributed by atoms with van der Waals surface area (Å²) in [5.41, 5.74) is 1.16. The minimum atomic E-state index is 0.346. The van der Waals surface area contributed by atoms with E-state index in [1.54, 1.807) is 0 Å². The highest BCUT2D eigenvalue weighted by Gasteiger charge is 2.34. The molecule has 3 heteroatoms. The molecule has 1 saturated heterocycles. The van der Waals surface area contributed by atoms with Gasteiger partial charge >= 0.3 is 0 Å². The van der Waals surface area contributed by atoms with Gasteiger partial charge in [-0.15, -0.1) is 0 Å². The van der Waals surface area contributed by atoms with Crippen molar-refractivity contribution in [1.82, 2.24) is 10.3 Å². The first-order valence-electron chi connectivity index (χ1n) is 6.44. The minimum Gasteiger partial charge on any atom is -0.378 e. The van der Waals surface area contributed by atoms with Crippen LogP contribution in [0.5, 0.6) is 0 Å². The van der Waals surface area contributed by atoms with Crippen LogP contribution in [-0.2, 0) is 4.74 Å². The molecule has 94 valence electrons. The van der Waals surface area contributed by atoms with E-state index < -0.39 is 0 Å². The van der Waals surface area contributed by atoms with Crippen LogP contribution in [0.25, 0.3) is 0 Å². The van der Waals surface area contributed by atoms with Gasteiger partial charge in [0.1, 0.15) is 0 Å². The molecule has 1 N–H and O–H groups in total. The summed E-state index contributed by atoms with van der Waals surface area (Å²) in [6, 6.07) is 6.56. The van der Waals surface area contributed by atoms with E-state index in [1.165, 1.54) is 0 Å². The lowest BCUT2D eigenvalue weighted by atomic mass is 9.83. The SMILES string of the molecule is CNC(C(C)c1ccccn1)C1CCOC1C. The Morgan fingerprint density at radius 1 is 1.47 bits per heavy atom. The molecule has 0 amide bonds. The zero-order valence-corrected chi connectivity index (χ0v) is 10.9. The summed E-state index contributed by atoms with van der Waals surface area (Å²) < 4.78 is 5.67. The van der Waals surface area contributed by atoms with Crippen LogP contribution in [0, 0.1) is 5.92 Å². The molecule has 1 aliphatic heterocycles. The van der Waals surface area contributed by atoms with Crippen LogP contribution >= 0.6 is 0 Å². The third-order valence-corrected chi connectivity index (χ3v) is 3.92. The van der Waals surface area contributed by atoms with Gasteiger partial charge in [0.2, 0.25) is 0 Å². The molecule has 4 unspecified atom stereocenters. The maximum atomic E-state index is 5.67. The molecule has 0 bridgehead atoms. The molecule has 0 aromatic carbocycles. The summed E-state index contributed by atoms with van der Waals surface area (Å²) in [4.78, 5) is 4.46. The van der Waals surface area contributed by atoms with Gasteiger partial charge in [-0.2, -0.15) is 0 Å². The molecule has 4 atom stereocenters. The molecule has 2 heterocycles. The number of rotatable bonds is 4. The van der Waals surface area contributed by atoms with Crippen molar-refractivity contribution in [2.24, 2.45) is 5.92 Å². The van der Waals surface area contributed by atoms with E-state index >= 15 is 0 Å². The number of hydrogen-bond donors (Lipinski definition) is 1. The molecule has 0 saturated carbocycles. The van der Waals surface area contributed by atoms with E-state index in [-0.39, 0.29) is 0 Å². The number of nitrogens with one attached hydrogen (secondary N) is 1. The fraction of sp³-hybridized carbons (Fsp3) is 0.643. The Hall–Kier alpha value is -0.930. The van der Waals surface area contributed by atoms with Gasteiger partial charge in [0, 0.05) is 36.4 Å². The van der Waals surface area contributed by atoms with Crippen LogP contribution in [0.3, 0.4) is 0 Å². The van der Waals surface area contributed by atoms with Crippen LogP contribution in [0.1, 0.15) is 31.9 Å². The third-order valence-electron chi connectivity index (χ3n) is 3.92. The Labute approximate surface area is 104 Å². The Kier molecular flexibility index (Phi) is 4.13. The lowest BCUT2D eigenvalue weighted by Gasteiger charge is -2.30. The van der Waals surface area contributed by atoms with Crippen LogP contribution in [-0.4, -0.2) is 30.8 Å². The summed E-state index contributed by atoms with van der Waals surface area (Å²) in [6.45, 7) is 5.31. The van der Waals surface area contributed by atoms with Gasteiger partial charge in [-0.1, -0.05) is 13.0 Å². The number of likely N-dealkylation sites (N-methyl/N-ethyl adjacent to an activating group) is 1. The van der Waals surface area contributed by atoms with E-state index in [0.717, 1.165) is 18.7 Å². The first-order chi connectivity index (χ1) is 8.24. The molecule has 0 spiro atoms. The lowest BCUT2D eigenvalue weighted by molar-refractivity contribution is 0.0933. The second kappa shape index (κ2) is 5.61. The third kappa shape index (κ3) is 2.67. The summed E-state index contributed by atoms with van der Waals surface area (Å²) in [6.07, 6.45) is 3.36. The summed E-state index contributed by atoms with van der Waals surface area (Å²) in [7, 11) is 2.04. The van der Waals surface area contributed by atoms with Gasteiger partial charge < -0.3 is 10.1 Å². The molecule has 17 heavy (non-hydrogen) atoms. The molecule has 1 fully saturated rings. The highest BCUT2D eigenvalue weighted by molar-refractivity contribution is 5.12. The Morgan fingerprint density at radius 3 is 2.82 bits per heavy atom. The zero-order valence-electron chi connectivity index (χ0n) is 10.9. The number of pyridine rings is 1. The van der Waals surface area contributed by atoms with Crippen LogP contribution < -0.4 is 5.32 Å². The molecule has 0 aliphatic carbocycles. The molecule has 1 aliphatic rings. The predicted molar refractivity (Wildman–Crippen MR) is 69.0 cm³/mol. The van der Waals surface area contributed by atoms with E-state index in [9.17, 15) is 0 Å². The van der Waals surface area contributed by atoms with Crippen LogP contribution in [0.15, 0.2) is 24.4 Å². The molecule has 0 radical (unpaired) electrons. The van der Waals surface area contributed by atoms with E-state index in [4.69, 9.17) is 4.74 Å². The van der Waals surface area contributed by atoms with Crippen molar-refractivity contribution in [3.8, 4) is 0 Å². The first-order valence-corrected chi connectivity index (χ1v) is 6.44. The second-order valence-corrected chi connectivity index (χ2v) is 4.89. The topological polar surface area (TPSA) is 34.2 Å². The predicted octanol–water partition coefficient (Wildman–Crippen LogP) is 2.20. The molecular formula is C14H22N2O. The normalized spacial score (nSPS) is 27.9. The summed E-state index contributed by atoms with van der Waals surface area (Å²) in [5.74, 6) is 0.993. The smallest absolute Gasteiger partial charge is 0.0591 e. The van der Waals surface area contributed by atoms with Gasteiger partial charge in [0.25, 0.3) is 0 Å². The second-order valence-electron chi connectivity index (χ2n) is 4.89. The average molecular weight is 234 g/mol. The largest absolute Gasteiger partial charge is 0.378 e. The van der Waals surface area contributed by atoms with Crippen molar-refractivity contribution in [2.45, 2.75) is 38.3 Å². The number of aromatic nitrogens is 1. The van der Waals surface area contributed by atoms with Crippen molar-refractivity contribution in [3.05, 3.63) is 30.1 Å². The first kappa shape index (κ1) is 12.5. The molecule has 1 aromatic rings. The zero-order chi connectivity index (χ0) is 12.3. The summed E-state index contributed by atoms with van der Waals surface area (Å²) in [5, 5.41) is 3.45. The van der Waals surface area contributed by atoms with Crippen molar-refractivity contribution in [2.75, 3.05) is 13.7 Å². The number of nitrogens with zero attached hydrogens (tertiary/aromatic N) is 1. The molecular weight excluding hydrogens is 212 g/mol. The van der Waals surface area contributed by atoms with Gasteiger partial charge in [0.15, 0.2) is 0 Å². The highest BCUT2D eigenvalue weighted by atomic mass is 16.5. The van der Waals surface area contributed by atoms with Gasteiger partial charge in [-0.25, -0.2) is 0 Å². The standard InChI is InChI=1S/C14H22N2O/c1-10(13-6-4-5-8-16-13)14(15-3)12-7-9-17-11(12)2/h4-6,8,10-12,14-15H,7,9H2,1-3H3. The highest BCUT2D eigenvalue weighted by Crippen LogP contribution is 2.31. The van der Waals surface area contributed by atoms with Crippen molar-refractivity contribution in [1.29, 1.82) is 0 Å². The maximum Gasteiger partial charge on any atom is 0.0591 e. The maximum absolute atomic E-state index is 5.67. The van der Waals surface area contributed by atoms with Crippen LogP contribution in [0.4, 0.5) is 0 Å². The fourth-order valence-electron chi connectivity index (χ4n) is 2.88. The Morgan fingerprint density at radius 2 is 2.29 bits per heavy atom. The minimum absolute atomic E-state index is 0.346. The number of hydrogen-bond acceptors (Lipinski definition) is 3. The molecule has 3 nitrogen and oxygen atoms in total. The van der Waals surface area contributed by atoms with E-state index in [0.29, 0.717) is 24.0 Å². The molecule has 1 aromatic heterocycles. The van der Waals surface area contributed by atoms with Crippen molar-refractivity contribution >= 4 is 0 Å². The number of ether oxygens (including phenoxy) is 1. The monoisotopic (exact) mass is 234 g/mol. The van der Waals surface area contributed by atoms with E-state index in [1.807, 2.05) is 19.3 Å². The van der Waals surface area contributed by atoms with Crippen molar-refractivity contribution < 1.29 is 4.74 Å². The van der Waals surface area contributed by atoms with Gasteiger partial charge in [-0.3, -0.25) is 4.98 Å². The lowest BCUT2D eigenvalue weighted by Crippen LogP contribution is -2.41. The molecule has 2 rings (SSSR count). The van der Waals surface area contributed by atoms with E-state index in [2.05, 4.69) is 36.3 Å².